The number of carbonyl (C=O) groups is 4. The molecule has 1 aromatic carbocycles. The van der Waals surface area contributed by atoms with E-state index in [1.165, 1.54) is 15.5 Å². The first-order valence-corrected chi connectivity index (χ1v) is 11.9. The average molecular weight is 585 g/mol. The van der Waals surface area contributed by atoms with E-state index < -0.39 is 35.6 Å². The van der Waals surface area contributed by atoms with Crippen molar-refractivity contribution in [3.05, 3.63) is 64.4 Å². The van der Waals surface area contributed by atoms with Gasteiger partial charge in [-0.05, 0) is 44.0 Å². The predicted octanol–water partition coefficient (Wildman–Crippen LogP) is 2.83. The van der Waals surface area contributed by atoms with Crippen LogP contribution in [0.3, 0.4) is 0 Å². The average Bonchev–Trinajstić information content (AvgIpc) is 3.43. The minimum Gasteiger partial charge on any atom is -0.475 e. The maximum absolute atomic E-state index is 14.0. The molecule has 220 valence electrons. The standard InChI is InChI=1S/C23H23F2N5O4.C2HF3O2/c1-13-9-18-22(23(33)27-26-19(31)11-29-8-4-7-20(29)32)14(2)28-30(18)21(10-13)34-12-15-16(24)5-3-6-17(15)25;3-2(4,5)1(6)7/h3,5-6,9-10H,4,7-8,11-12H2,1-2H3,(H,26,31)(H,27,33);(H,6,7). The number of nitrogens with zero attached hydrogens (tertiary/aromatic N) is 3. The van der Waals surface area contributed by atoms with Crippen LogP contribution in [0.2, 0.25) is 0 Å². The molecule has 0 saturated carbocycles. The van der Waals surface area contributed by atoms with Crippen LogP contribution in [-0.2, 0) is 21.0 Å². The molecule has 1 aliphatic heterocycles. The number of likely N-dealkylation sites (tertiary alicyclic amines) is 1. The van der Waals surface area contributed by atoms with Gasteiger partial charge in [0.1, 0.15) is 24.8 Å². The van der Waals surface area contributed by atoms with Gasteiger partial charge < -0.3 is 14.7 Å². The molecule has 0 spiro atoms. The highest BCUT2D eigenvalue weighted by atomic mass is 19.4. The zero-order valence-electron chi connectivity index (χ0n) is 21.6. The van der Waals surface area contributed by atoms with E-state index in [9.17, 15) is 36.3 Å². The molecule has 2 aromatic heterocycles. The largest absolute Gasteiger partial charge is 0.490 e. The zero-order valence-corrected chi connectivity index (χ0v) is 21.6. The van der Waals surface area contributed by atoms with Crippen LogP contribution < -0.4 is 15.6 Å². The number of aryl methyl sites for hydroxylation is 2. The Bertz CT molecular complexity index is 1470. The van der Waals surface area contributed by atoms with E-state index >= 15 is 0 Å². The lowest BCUT2D eigenvalue weighted by Gasteiger charge is -2.15. The molecule has 41 heavy (non-hydrogen) atoms. The fourth-order valence-corrected chi connectivity index (χ4v) is 3.83. The maximum atomic E-state index is 14.0. The number of carbonyl (C=O) groups excluding carboxylic acids is 3. The Labute approximate surface area is 228 Å². The lowest BCUT2D eigenvalue weighted by Crippen LogP contribution is -2.46. The monoisotopic (exact) mass is 585 g/mol. The smallest absolute Gasteiger partial charge is 0.475 e. The molecule has 0 unspecified atom stereocenters. The second-order valence-electron chi connectivity index (χ2n) is 8.84. The van der Waals surface area contributed by atoms with Crippen LogP contribution in [0.5, 0.6) is 5.88 Å². The van der Waals surface area contributed by atoms with Crippen molar-refractivity contribution in [2.75, 3.05) is 13.1 Å². The molecule has 0 bridgehead atoms. The minimum atomic E-state index is -5.08. The summed E-state index contributed by atoms with van der Waals surface area (Å²) in [6.07, 6.45) is -3.97. The highest BCUT2D eigenvalue weighted by Crippen LogP contribution is 2.25. The number of benzene rings is 1. The number of alkyl halides is 3. The second-order valence-corrected chi connectivity index (χ2v) is 8.84. The van der Waals surface area contributed by atoms with Gasteiger partial charge in [-0.3, -0.25) is 25.2 Å². The van der Waals surface area contributed by atoms with Crippen molar-refractivity contribution in [2.24, 2.45) is 0 Å². The number of hydrogen-bond donors (Lipinski definition) is 3. The van der Waals surface area contributed by atoms with E-state index in [4.69, 9.17) is 14.6 Å². The van der Waals surface area contributed by atoms with Gasteiger partial charge in [-0.15, -0.1) is 0 Å². The molecule has 0 radical (unpaired) electrons. The van der Waals surface area contributed by atoms with Crippen molar-refractivity contribution in [3.8, 4) is 5.88 Å². The van der Waals surface area contributed by atoms with E-state index in [0.29, 0.717) is 30.6 Å². The summed E-state index contributed by atoms with van der Waals surface area (Å²) in [7, 11) is 0. The molecule has 0 atom stereocenters. The van der Waals surface area contributed by atoms with Gasteiger partial charge >= 0.3 is 12.1 Å². The highest BCUT2D eigenvalue weighted by Gasteiger charge is 2.38. The van der Waals surface area contributed by atoms with Crippen molar-refractivity contribution in [1.82, 2.24) is 25.4 Å². The van der Waals surface area contributed by atoms with Gasteiger partial charge in [-0.1, -0.05) is 6.07 Å². The van der Waals surface area contributed by atoms with E-state index in [0.717, 1.165) is 17.7 Å². The third kappa shape index (κ3) is 7.67. The molecule has 3 amide bonds. The first-order chi connectivity index (χ1) is 19.2. The number of aliphatic carboxylic acids is 1. The number of nitrogens with one attached hydrogen (secondary N) is 2. The van der Waals surface area contributed by atoms with Gasteiger partial charge in [0.2, 0.25) is 11.8 Å². The number of halogens is 5. The van der Waals surface area contributed by atoms with Gasteiger partial charge in [0.15, 0.2) is 0 Å². The first-order valence-electron chi connectivity index (χ1n) is 11.9. The summed E-state index contributed by atoms with van der Waals surface area (Å²) in [5.74, 6) is -5.25. The summed E-state index contributed by atoms with van der Waals surface area (Å²) < 4.78 is 66.7. The summed E-state index contributed by atoms with van der Waals surface area (Å²) in [6, 6.07) is 6.89. The third-order valence-corrected chi connectivity index (χ3v) is 5.74. The lowest BCUT2D eigenvalue weighted by atomic mass is 10.1. The van der Waals surface area contributed by atoms with E-state index in [2.05, 4.69) is 16.0 Å². The van der Waals surface area contributed by atoms with Crippen LogP contribution in [0.1, 0.15) is 40.0 Å². The van der Waals surface area contributed by atoms with E-state index in [1.807, 2.05) is 0 Å². The van der Waals surface area contributed by atoms with Crippen molar-refractivity contribution in [1.29, 1.82) is 0 Å². The van der Waals surface area contributed by atoms with E-state index in [-0.39, 0.29) is 36.1 Å². The highest BCUT2D eigenvalue weighted by molar-refractivity contribution is 6.03. The van der Waals surface area contributed by atoms with Gasteiger partial charge in [0.25, 0.3) is 11.8 Å². The normalized spacial score (nSPS) is 13.0. The Balaban J connectivity index is 0.000000587. The summed E-state index contributed by atoms with van der Waals surface area (Å²) in [5, 5.41) is 11.5. The van der Waals surface area contributed by atoms with Crippen LogP contribution in [0.4, 0.5) is 22.0 Å². The lowest BCUT2D eigenvalue weighted by molar-refractivity contribution is -0.192. The van der Waals surface area contributed by atoms with Gasteiger partial charge in [-0.2, -0.15) is 22.8 Å². The number of amides is 3. The van der Waals surface area contributed by atoms with Crippen molar-refractivity contribution in [2.45, 2.75) is 39.5 Å². The predicted molar refractivity (Wildman–Crippen MR) is 130 cm³/mol. The van der Waals surface area contributed by atoms with Crippen molar-refractivity contribution in [3.63, 3.8) is 0 Å². The van der Waals surface area contributed by atoms with Crippen LogP contribution in [0, 0.1) is 25.5 Å². The maximum Gasteiger partial charge on any atom is 0.490 e. The molecular formula is C25H24F5N5O6. The van der Waals surface area contributed by atoms with Gasteiger partial charge in [0, 0.05) is 19.0 Å². The Morgan fingerprint density at radius 2 is 1.73 bits per heavy atom. The number of hydrogen-bond acceptors (Lipinski definition) is 6. The number of ether oxygens (including phenoxy) is 1. The molecule has 1 saturated heterocycles. The summed E-state index contributed by atoms with van der Waals surface area (Å²) in [4.78, 5) is 47.0. The summed E-state index contributed by atoms with van der Waals surface area (Å²) >= 11 is 0. The van der Waals surface area contributed by atoms with Crippen LogP contribution in [-0.4, -0.2) is 62.6 Å². The number of fused-ring (bicyclic) bond motifs is 1. The Kier molecular flexibility index (Phi) is 9.47. The molecule has 16 heteroatoms. The molecule has 3 aromatic rings. The quantitative estimate of drug-likeness (QED) is 0.298. The zero-order chi connectivity index (χ0) is 30.5. The minimum absolute atomic E-state index is 0.0989. The topological polar surface area (TPSA) is 142 Å². The Hall–Kier alpha value is -4.76. The third-order valence-electron chi connectivity index (χ3n) is 5.74. The molecular weight excluding hydrogens is 561 g/mol. The summed E-state index contributed by atoms with van der Waals surface area (Å²) in [5.41, 5.74) is 6.11. The van der Waals surface area contributed by atoms with Gasteiger partial charge in [0.05, 0.1) is 22.3 Å². The number of aromatic nitrogens is 2. The number of pyridine rings is 1. The number of rotatable bonds is 6. The Morgan fingerprint density at radius 3 is 2.29 bits per heavy atom. The SMILES string of the molecule is Cc1cc(OCc2c(F)cccc2F)n2nc(C)c(C(=O)NNC(=O)CN3CCCC3=O)c2c1.O=C(O)C(F)(F)F. The molecule has 4 rings (SSSR count). The molecule has 3 N–H and O–H groups in total. The molecule has 0 aliphatic carbocycles. The number of carboxylic acid groups (broad SMARTS) is 1. The fraction of sp³-hybridized carbons (Fsp3) is 0.320. The van der Waals surface area contributed by atoms with E-state index in [1.54, 1.807) is 26.0 Å². The number of carboxylic acids is 1. The molecule has 11 nitrogen and oxygen atoms in total. The van der Waals surface area contributed by atoms with Crippen LogP contribution >= 0.6 is 0 Å². The molecule has 1 aliphatic rings. The fourth-order valence-electron chi connectivity index (χ4n) is 3.83. The summed E-state index contributed by atoms with van der Waals surface area (Å²) in [6.45, 7) is 3.38. The van der Waals surface area contributed by atoms with Crippen LogP contribution in [0.15, 0.2) is 30.3 Å². The molecule has 1 fully saturated rings. The Morgan fingerprint density at radius 1 is 1.10 bits per heavy atom. The first kappa shape index (κ1) is 30.8. The second kappa shape index (κ2) is 12.6. The van der Waals surface area contributed by atoms with Gasteiger partial charge in [-0.25, -0.2) is 13.6 Å². The molecule has 3 heterocycles. The number of hydrazine groups is 1. The van der Waals surface area contributed by atoms with Crippen molar-refractivity contribution < 1.29 is 51.0 Å². The van der Waals surface area contributed by atoms with Crippen molar-refractivity contribution >= 4 is 29.2 Å². The van der Waals surface area contributed by atoms with Crippen LogP contribution in [0.25, 0.3) is 5.52 Å².